The van der Waals surface area contributed by atoms with Crippen molar-refractivity contribution in [2.24, 2.45) is 10.9 Å². The van der Waals surface area contributed by atoms with Gasteiger partial charge >= 0.3 is 0 Å². The molecule has 3 heterocycles. The minimum atomic E-state index is -0.399. The minimum Gasteiger partial charge on any atom is -0.303 e. The number of halogens is 2. The van der Waals surface area contributed by atoms with Crippen molar-refractivity contribution in [3.8, 4) is 5.00 Å². The van der Waals surface area contributed by atoms with Gasteiger partial charge in [0.05, 0.1) is 16.3 Å². The first-order valence-corrected chi connectivity index (χ1v) is 11.3. The largest absolute Gasteiger partial charge is 0.303 e. The van der Waals surface area contributed by atoms with E-state index in [1.54, 1.807) is 23.5 Å². The van der Waals surface area contributed by atoms with Crippen LogP contribution in [0, 0.1) is 11.7 Å². The number of aromatic nitrogens is 3. The first kappa shape index (κ1) is 18.4. The molecule has 3 aromatic rings. The Hall–Kier alpha value is -2.38. The zero-order chi connectivity index (χ0) is 20.6. The van der Waals surface area contributed by atoms with Crippen LogP contribution in [0.1, 0.15) is 64.9 Å². The molecule has 152 valence electrons. The molecule has 0 spiro atoms. The fourth-order valence-electron chi connectivity index (χ4n) is 4.57. The smallest absolute Gasteiger partial charge is 0.162 e. The molecule has 1 fully saturated rings. The molecule has 0 bridgehead atoms. The van der Waals surface area contributed by atoms with Crippen molar-refractivity contribution in [3.05, 3.63) is 62.3 Å². The third kappa shape index (κ3) is 2.58. The lowest BCUT2D eigenvalue weighted by Crippen LogP contribution is -2.12. The summed E-state index contributed by atoms with van der Waals surface area (Å²) in [7, 11) is 0. The van der Waals surface area contributed by atoms with E-state index in [0.717, 1.165) is 51.8 Å². The van der Waals surface area contributed by atoms with Crippen molar-refractivity contribution in [3.63, 3.8) is 0 Å². The van der Waals surface area contributed by atoms with Gasteiger partial charge in [0.2, 0.25) is 0 Å². The van der Waals surface area contributed by atoms with Gasteiger partial charge in [0.1, 0.15) is 29.0 Å². The van der Waals surface area contributed by atoms with E-state index in [-0.39, 0.29) is 12.0 Å². The Morgan fingerprint density at radius 2 is 2.00 bits per heavy atom. The molecule has 1 saturated carbocycles. The van der Waals surface area contributed by atoms with Gasteiger partial charge in [-0.05, 0) is 50.3 Å². The van der Waals surface area contributed by atoms with Crippen LogP contribution >= 0.6 is 22.9 Å². The van der Waals surface area contributed by atoms with Gasteiger partial charge in [-0.1, -0.05) is 17.7 Å². The van der Waals surface area contributed by atoms with Gasteiger partial charge < -0.3 is 4.79 Å². The summed E-state index contributed by atoms with van der Waals surface area (Å²) in [6, 6.07) is 4.40. The Morgan fingerprint density at radius 1 is 1.20 bits per heavy atom. The summed E-state index contributed by atoms with van der Waals surface area (Å²) in [4.78, 5) is 17.6. The minimum absolute atomic E-state index is 0.0437. The van der Waals surface area contributed by atoms with Crippen LogP contribution in [0.3, 0.4) is 0 Å². The Balaban J connectivity index is 1.66. The number of thiophene rings is 1. The van der Waals surface area contributed by atoms with Gasteiger partial charge in [-0.2, -0.15) is 0 Å². The van der Waals surface area contributed by atoms with Crippen LogP contribution in [0.2, 0.25) is 5.02 Å². The summed E-state index contributed by atoms with van der Waals surface area (Å²) >= 11 is 8.13. The second kappa shape index (κ2) is 6.56. The number of rotatable bonds is 3. The van der Waals surface area contributed by atoms with Crippen LogP contribution in [-0.2, 0) is 17.6 Å². The lowest BCUT2D eigenvalue weighted by Gasteiger charge is -2.13. The van der Waals surface area contributed by atoms with E-state index in [1.807, 2.05) is 6.92 Å². The molecule has 0 radical (unpaired) electrons. The molecule has 2 aliphatic carbocycles. The molecule has 1 unspecified atom stereocenters. The zero-order valence-electron chi connectivity index (χ0n) is 16.2. The van der Waals surface area contributed by atoms with E-state index >= 15 is 4.39 Å². The van der Waals surface area contributed by atoms with Crippen molar-refractivity contribution in [2.75, 3.05) is 0 Å². The highest BCUT2D eigenvalue weighted by atomic mass is 35.5. The third-order valence-electron chi connectivity index (χ3n) is 6.17. The monoisotopic (exact) mass is 440 g/mol. The van der Waals surface area contributed by atoms with Gasteiger partial charge in [-0.15, -0.1) is 21.5 Å². The second-order valence-electron chi connectivity index (χ2n) is 8.26. The van der Waals surface area contributed by atoms with Crippen molar-refractivity contribution in [1.29, 1.82) is 0 Å². The Kier molecular flexibility index (Phi) is 4.02. The first-order valence-electron chi connectivity index (χ1n) is 10.1. The maximum absolute atomic E-state index is 15.0. The number of aldehydes is 1. The quantitative estimate of drug-likeness (QED) is 0.548. The molecule has 1 aromatic carbocycles. The van der Waals surface area contributed by atoms with Gasteiger partial charge in [0.25, 0.3) is 0 Å². The lowest BCUT2D eigenvalue weighted by atomic mass is 9.97. The Labute approximate surface area is 181 Å². The summed E-state index contributed by atoms with van der Waals surface area (Å²) in [6.07, 6.45) is 4.58. The first-order chi connectivity index (χ1) is 14.6. The molecule has 0 amide bonds. The van der Waals surface area contributed by atoms with Crippen LogP contribution in [0.5, 0.6) is 0 Å². The molecule has 0 N–H and O–H groups in total. The summed E-state index contributed by atoms with van der Waals surface area (Å²) in [6.45, 7) is 1.96. The number of fused-ring (bicyclic) bond motifs is 5. The van der Waals surface area contributed by atoms with Crippen molar-refractivity contribution in [1.82, 2.24) is 14.8 Å². The molecule has 3 aliphatic rings. The number of nitrogens with zero attached hydrogens (tertiary/aromatic N) is 4. The van der Waals surface area contributed by atoms with Gasteiger partial charge in [0.15, 0.2) is 5.82 Å². The van der Waals surface area contributed by atoms with Gasteiger partial charge in [-0.3, -0.25) is 9.56 Å². The predicted molar refractivity (Wildman–Crippen MR) is 114 cm³/mol. The summed E-state index contributed by atoms with van der Waals surface area (Å²) in [5.74, 6) is 1.69. The van der Waals surface area contributed by atoms with Crippen LogP contribution in [0.25, 0.3) is 5.00 Å². The highest BCUT2D eigenvalue weighted by molar-refractivity contribution is 7.15. The number of carbonyl (C=O) groups excluding carboxylic acids is 1. The SMILES string of the molecule is C[C@@H]1N=C(c2c(F)cccc2Cl)c2c(sc3c2CC(C=O)C3)-n2c(C3CC3)nnc21. The topological polar surface area (TPSA) is 60.1 Å². The molecule has 6 rings (SSSR count). The fraction of sp³-hybridized carbons (Fsp3) is 0.364. The molecule has 8 heteroatoms. The summed E-state index contributed by atoms with van der Waals surface area (Å²) in [5, 5.41) is 10.3. The van der Waals surface area contributed by atoms with Crippen LogP contribution in [0.15, 0.2) is 23.2 Å². The van der Waals surface area contributed by atoms with E-state index in [2.05, 4.69) is 14.8 Å². The number of carbonyl (C=O) groups is 1. The highest BCUT2D eigenvalue weighted by Crippen LogP contribution is 2.47. The number of aliphatic imine (C=N–C) groups is 1. The molecule has 0 saturated heterocycles. The van der Waals surface area contributed by atoms with Crippen molar-refractivity contribution < 1.29 is 9.18 Å². The zero-order valence-corrected chi connectivity index (χ0v) is 17.8. The maximum Gasteiger partial charge on any atom is 0.162 e. The lowest BCUT2D eigenvalue weighted by molar-refractivity contribution is -0.110. The fourth-order valence-corrected chi connectivity index (χ4v) is 6.26. The number of hydrogen-bond acceptors (Lipinski definition) is 5. The maximum atomic E-state index is 15.0. The second-order valence-corrected chi connectivity index (χ2v) is 9.76. The molecule has 30 heavy (non-hydrogen) atoms. The molecule has 2 aromatic heterocycles. The summed E-state index contributed by atoms with van der Waals surface area (Å²) in [5.41, 5.74) is 2.84. The number of hydrogen-bond donors (Lipinski definition) is 0. The average molecular weight is 441 g/mol. The highest BCUT2D eigenvalue weighted by Gasteiger charge is 2.39. The molecule has 1 aliphatic heterocycles. The van der Waals surface area contributed by atoms with Crippen molar-refractivity contribution >= 4 is 34.9 Å². The van der Waals surface area contributed by atoms with E-state index in [9.17, 15) is 4.79 Å². The van der Waals surface area contributed by atoms with Crippen LogP contribution < -0.4 is 0 Å². The Morgan fingerprint density at radius 3 is 2.73 bits per heavy atom. The predicted octanol–water partition coefficient (Wildman–Crippen LogP) is 4.82. The molecular formula is C22H18ClFN4OS. The van der Waals surface area contributed by atoms with Crippen molar-refractivity contribution in [2.45, 2.75) is 44.6 Å². The van der Waals surface area contributed by atoms with E-state index in [4.69, 9.17) is 16.6 Å². The van der Waals surface area contributed by atoms with Gasteiger partial charge in [-0.25, -0.2) is 4.39 Å². The average Bonchev–Trinajstić information content (AvgIpc) is 3.22. The van der Waals surface area contributed by atoms with Crippen LogP contribution in [0.4, 0.5) is 4.39 Å². The number of benzene rings is 1. The standard InChI is InChI=1S/C22H18ClFN4OS/c1-10-20-26-27-21(12-5-6-12)28(20)22-17(13-7-11(9-29)8-16(13)30-22)19(25-10)18-14(23)3-2-4-15(18)24/h2-4,9-12H,5-8H2,1H3/t10-,11?/m0/s1. The third-order valence-corrected chi connectivity index (χ3v) is 7.72. The van der Waals surface area contributed by atoms with E-state index in [0.29, 0.717) is 35.1 Å². The Bertz CT molecular complexity index is 1220. The molecular weight excluding hydrogens is 423 g/mol. The van der Waals surface area contributed by atoms with Crippen LogP contribution in [-0.4, -0.2) is 26.8 Å². The summed E-state index contributed by atoms with van der Waals surface area (Å²) < 4.78 is 17.1. The van der Waals surface area contributed by atoms with E-state index < -0.39 is 5.82 Å². The molecule has 5 nitrogen and oxygen atoms in total. The molecule has 2 atom stereocenters. The normalized spacial score (nSPS) is 22.2. The van der Waals surface area contributed by atoms with E-state index in [1.165, 1.54) is 6.07 Å². The van der Waals surface area contributed by atoms with Gasteiger partial charge in [0, 0.05) is 22.3 Å².